The van der Waals surface area contributed by atoms with Gasteiger partial charge in [0.2, 0.25) is 11.1 Å². The van der Waals surface area contributed by atoms with E-state index in [1.165, 1.54) is 11.8 Å². The average Bonchev–Trinajstić information content (AvgIpc) is 3.22. The van der Waals surface area contributed by atoms with E-state index in [2.05, 4.69) is 40.4 Å². The second-order valence-corrected chi connectivity index (χ2v) is 8.15. The van der Waals surface area contributed by atoms with Gasteiger partial charge in [0.05, 0.1) is 12.4 Å². The van der Waals surface area contributed by atoms with Gasteiger partial charge in [0.1, 0.15) is 5.75 Å². The number of amides is 1. The zero-order chi connectivity index (χ0) is 20.8. The van der Waals surface area contributed by atoms with E-state index in [1.807, 2.05) is 49.4 Å². The molecule has 3 aromatic rings. The Balaban J connectivity index is 1.65. The van der Waals surface area contributed by atoms with Gasteiger partial charge < -0.3 is 10.1 Å². The molecule has 0 spiro atoms. The Morgan fingerprint density at radius 1 is 1.17 bits per heavy atom. The van der Waals surface area contributed by atoms with Crippen molar-refractivity contribution in [3.63, 3.8) is 0 Å². The zero-order valence-corrected chi connectivity index (χ0v) is 17.9. The van der Waals surface area contributed by atoms with Crippen LogP contribution in [0.5, 0.6) is 5.75 Å². The predicted octanol–water partition coefficient (Wildman–Crippen LogP) is 5.11. The fourth-order valence-electron chi connectivity index (χ4n) is 2.88. The van der Waals surface area contributed by atoms with E-state index in [0.29, 0.717) is 16.9 Å². The fourth-order valence-corrected chi connectivity index (χ4v) is 3.61. The highest BCUT2D eigenvalue weighted by molar-refractivity contribution is 8.00. The number of hydrogen-bond donors (Lipinski definition) is 2. The molecule has 0 saturated heterocycles. The lowest BCUT2D eigenvalue weighted by Gasteiger charge is -2.17. The van der Waals surface area contributed by atoms with Crippen LogP contribution >= 0.6 is 11.8 Å². The third-order valence-electron chi connectivity index (χ3n) is 4.84. The van der Waals surface area contributed by atoms with Crippen LogP contribution in [0.2, 0.25) is 0 Å². The second kappa shape index (κ2) is 9.60. The molecule has 7 heteroatoms. The molecule has 1 heterocycles. The molecule has 1 amide bonds. The van der Waals surface area contributed by atoms with Crippen LogP contribution in [0.1, 0.15) is 38.7 Å². The summed E-state index contributed by atoms with van der Waals surface area (Å²) in [5, 5.41) is 10.4. The normalized spacial score (nSPS) is 13.0. The summed E-state index contributed by atoms with van der Waals surface area (Å²) in [7, 11) is 1.63. The van der Waals surface area contributed by atoms with Gasteiger partial charge in [0.15, 0.2) is 5.82 Å². The van der Waals surface area contributed by atoms with E-state index in [4.69, 9.17) is 4.74 Å². The van der Waals surface area contributed by atoms with E-state index in [1.54, 1.807) is 7.11 Å². The molecular weight excluding hydrogens is 384 g/mol. The van der Waals surface area contributed by atoms with Gasteiger partial charge in [-0.1, -0.05) is 43.8 Å². The molecule has 29 heavy (non-hydrogen) atoms. The van der Waals surface area contributed by atoms with E-state index in [9.17, 15) is 4.79 Å². The number of para-hydroxylation sites is 1. The first-order valence-corrected chi connectivity index (χ1v) is 10.5. The van der Waals surface area contributed by atoms with Gasteiger partial charge in [-0.15, -0.1) is 5.10 Å². The number of nitrogens with zero attached hydrogens (tertiary/aromatic N) is 2. The number of aromatic nitrogens is 3. The average molecular weight is 411 g/mol. The number of methoxy groups -OCH3 is 1. The van der Waals surface area contributed by atoms with Crippen LogP contribution in [0.25, 0.3) is 11.4 Å². The van der Waals surface area contributed by atoms with Crippen LogP contribution in [0.3, 0.4) is 0 Å². The molecular formula is C22H26N4O2S. The number of anilines is 1. The highest BCUT2D eigenvalue weighted by Crippen LogP contribution is 2.28. The first kappa shape index (κ1) is 20.9. The van der Waals surface area contributed by atoms with Crippen LogP contribution in [0, 0.1) is 0 Å². The van der Waals surface area contributed by atoms with Gasteiger partial charge >= 0.3 is 0 Å². The maximum Gasteiger partial charge on any atom is 0.237 e. The van der Waals surface area contributed by atoms with Gasteiger partial charge in [0, 0.05) is 11.3 Å². The largest absolute Gasteiger partial charge is 0.497 e. The standard InChI is InChI=1S/C22H26N4O2S/c1-5-14(2)18-8-6-7-9-19(18)23-21(27)15(3)29-22-24-20(25-26-22)16-10-12-17(28-4)13-11-16/h6-15H,5H2,1-4H3,(H,23,27)(H,24,25,26). The Morgan fingerprint density at radius 3 is 2.59 bits per heavy atom. The van der Waals surface area contributed by atoms with Crippen molar-refractivity contribution in [3.05, 3.63) is 54.1 Å². The Morgan fingerprint density at radius 2 is 1.90 bits per heavy atom. The van der Waals surface area contributed by atoms with Crippen molar-refractivity contribution in [3.8, 4) is 17.1 Å². The highest BCUT2D eigenvalue weighted by atomic mass is 32.2. The fraction of sp³-hybridized carbons (Fsp3) is 0.318. The summed E-state index contributed by atoms with van der Waals surface area (Å²) in [6, 6.07) is 15.5. The van der Waals surface area contributed by atoms with Crippen molar-refractivity contribution < 1.29 is 9.53 Å². The molecule has 2 aromatic carbocycles. The van der Waals surface area contributed by atoms with E-state index < -0.39 is 0 Å². The Bertz CT molecular complexity index is 955. The number of carbonyl (C=O) groups excluding carboxylic acids is 1. The SMILES string of the molecule is CCC(C)c1ccccc1NC(=O)C(C)Sc1n[nH]c(-c2ccc(OC)cc2)n1. The Kier molecular flexibility index (Phi) is 6.93. The third-order valence-corrected chi connectivity index (χ3v) is 5.80. The molecule has 0 bridgehead atoms. The molecule has 152 valence electrons. The van der Waals surface area contributed by atoms with Crippen molar-refractivity contribution in [2.75, 3.05) is 12.4 Å². The van der Waals surface area contributed by atoms with Gasteiger partial charge in [-0.25, -0.2) is 4.98 Å². The van der Waals surface area contributed by atoms with Crippen molar-refractivity contribution in [1.29, 1.82) is 0 Å². The number of hydrogen-bond acceptors (Lipinski definition) is 5. The van der Waals surface area contributed by atoms with Crippen LogP contribution in [-0.4, -0.2) is 33.4 Å². The van der Waals surface area contributed by atoms with Gasteiger partial charge in [0.25, 0.3) is 0 Å². The predicted molar refractivity (Wildman–Crippen MR) is 117 cm³/mol. The van der Waals surface area contributed by atoms with Crippen LogP contribution < -0.4 is 10.1 Å². The van der Waals surface area contributed by atoms with E-state index >= 15 is 0 Å². The van der Waals surface area contributed by atoms with Gasteiger partial charge in [-0.2, -0.15) is 0 Å². The summed E-state index contributed by atoms with van der Waals surface area (Å²) in [6.07, 6.45) is 1.02. The minimum absolute atomic E-state index is 0.0680. The quantitative estimate of drug-likeness (QED) is 0.504. The number of thioether (sulfide) groups is 1. The summed E-state index contributed by atoms with van der Waals surface area (Å²) >= 11 is 1.32. The molecule has 0 aliphatic heterocycles. The first-order chi connectivity index (χ1) is 14.0. The van der Waals surface area contributed by atoms with Crippen LogP contribution in [0.15, 0.2) is 53.7 Å². The van der Waals surface area contributed by atoms with Crippen molar-refractivity contribution in [2.45, 2.75) is 43.5 Å². The summed E-state index contributed by atoms with van der Waals surface area (Å²) in [5.41, 5.74) is 2.93. The summed E-state index contributed by atoms with van der Waals surface area (Å²) in [4.78, 5) is 17.2. The second-order valence-electron chi connectivity index (χ2n) is 6.84. The number of H-pyrrole nitrogens is 1. The Labute approximate surface area is 175 Å². The number of aromatic amines is 1. The molecule has 0 saturated carbocycles. The smallest absolute Gasteiger partial charge is 0.237 e. The van der Waals surface area contributed by atoms with Crippen molar-refractivity contribution >= 4 is 23.4 Å². The van der Waals surface area contributed by atoms with Crippen LogP contribution in [0.4, 0.5) is 5.69 Å². The molecule has 3 rings (SSSR count). The molecule has 0 radical (unpaired) electrons. The van der Waals surface area contributed by atoms with Crippen LogP contribution in [-0.2, 0) is 4.79 Å². The van der Waals surface area contributed by atoms with Crippen molar-refractivity contribution in [1.82, 2.24) is 15.2 Å². The summed E-state index contributed by atoms with van der Waals surface area (Å²) in [6.45, 7) is 6.16. The number of ether oxygens (including phenoxy) is 1. The van der Waals surface area contributed by atoms with E-state index in [-0.39, 0.29) is 11.2 Å². The lowest BCUT2D eigenvalue weighted by molar-refractivity contribution is -0.115. The molecule has 2 N–H and O–H groups in total. The number of nitrogens with one attached hydrogen (secondary N) is 2. The topological polar surface area (TPSA) is 79.9 Å². The minimum atomic E-state index is -0.334. The van der Waals surface area contributed by atoms with E-state index in [0.717, 1.165) is 29.0 Å². The van der Waals surface area contributed by atoms with Gasteiger partial charge in [-0.3, -0.25) is 9.89 Å². The first-order valence-electron chi connectivity index (χ1n) is 9.65. The molecule has 0 aliphatic rings. The maximum absolute atomic E-state index is 12.7. The highest BCUT2D eigenvalue weighted by Gasteiger charge is 2.19. The van der Waals surface area contributed by atoms with Gasteiger partial charge in [-0.05, 0) is 55.2 Å². The molecule has 0 aliphatic carbocycles. The molecule has 0 fully saturated rings. The summed E-state index contributed by atoms with van der Waals surface area (Å²) in [5.74, 6) is 1.76. The number of benzene rings is 2. The summed E-state index contributed by atoms with van der Waals surface area (Å²) < 4.78 is 5.17. The molecule has 6 nitrogen and oxygen atoms in total. The zero-order valence-electron chi connectivity index (χ0n) is 17.1. The van der Waals surface area contributed by atoms with Crippen molar-refractivity contribution in [2.24, 2.45) is 0 Å². The monoisotopic (exact) mass is 410 g/mol. The lowest BCUT2D eigenvalue weighted by Crippen LogP contribution is -2.23. The maximum atomic E-state index is 12.7. The molecule has 2 atom stereocenters. The molecule has 1 aromatic heterocycles. The number of rotatable bonds is 8. The third kappa shape index (κ3) is 5.17. The molecule has 2 unspecified atom stereocenters. The Hall–Kier alpha value is -2.80. The lowest BCUT2D eigenvalue weighted by atomic mass is 9.97. The number of carbonyl (C=O) groups is 1. The minimum Gasteiger partial charge on any atom is -0.497 e.